The summed E-state index contributed by atoms with van der Waals surface area (Å²) in [7, 11) is 1.69. The van der Waals surface area contributed by atoms with Gasteiger partial charge in [0.15, 0.2) is 0 Å². The van der Waals surface area contributed by atoms with Crippen LogP contribution < -0.4 is 5.32 Å². The summed E-state index contributed by atoms with van der Waals surface area (Å²) in [5, 5.41) is 2.88. The zero-order chi connectivity index (χ0) is 14.5. The Bertz CT molecular complexity index is 502. The molecule has 1 heterocycles. The highest BCUT2D eigenvalue weighted by Gasteiger charge is 2.28. The second kappa shape index (κ2) is 6.41. The van der Waals surface area contributed by atoms with Gasteiger partial charge in [0, 0.05) is 20.0 Å². The van der Waals surface area contributed by atoms with Crippen LogP contribution in [-0.4, -0.2) is 36.6 Å². The van der Waals surface area contributed by atoms with Crippen LogP contribution in [0, 0.1) is 6.92 Å². The fourth-order valence-electron chi connectivity index (χ4n) is 2.20. The molecule has 5 nitrogen and oxygen atoms in total. The van der Waals surface area contributed by atoms with Gasteiger partial charge in [0.1, 0.15) is 6.10 Å². The van der Waals surface area contributed by atoms with Gasteiger partial charge in [-0.3, -0.25) is 4.79 Å². The number of ether oxygens (including phenoxy) is 1. The monoisotopic (exact) mass is 276 g/mol. The van der Waals surface area contributed by atoms with Gasteiger partial charge in [-0.15, -0.1) is 0 Å². The van der Waals surface area contributed by atoms with Crippen molar-refractivity contribution in [1.29, 1.82) is 0 Å². The second-order valence-corrected chi connectivity index (χ2v) is 5.19. The van der Waals surface area contributed by atoms with E-state index in [1.165, 1.54) is 10.5 Å². The van der Waals surface area contributed by atoms with Gasteiger partial charge in [-0.05, 0) is 18.9 Å². The van der Waals surface area contributed by atoms with Crippen LogP contribution in [0.3, 0.4) is 0 Å². The number of amides is 2. The van der Waals surface area contributed by atoms with Crippen molar-refractivity contribution in [2.75, 3.05) is 13.6 Å². The molecule has 0 bridgehead atoms. The molecule has 0 spiro atoms. The molecule has 1 atom stereocenters. The Morgan fingerprint density at radius 1 is 1.50 bits per heavy atom. The Balaban J connectivity index is 1.70. The summed E-state index contributed by atoms with van der Waals surface area (Å²) in [6.45, 7) is 3.12. The minimum absolute atomic E-state index is 0.0166. The first kappa shape index (κ1) is 14.4. The number of nitrogens with zero attached hydrogens (tertiary/aromatic N) is 1. The first-order chi connectivity index (χ1) is 9.54. The third-order valence-corrected chi connectivity index (χ3v) is 3.32. The van der Waals surface area contributed by atoms with Crippen molar-refractivity contribution in [1.82, 2.24) is 10.2 Å². The molecule has 1 aliphatic rings. The molecule has 1 unspecified atom stereocenters. The van der Waals surface area contributed by atoms with E-state index in [2.05, 4.69) is 5.32 Å². The molecule has 1 aromatic carbocycles. The molecular weight excluding hydrogens is 256 g/mol. The second-order valence-electron chi connectivity index (χ2n) is 5.19. The molecule has 1 saturated heterocycles. The smallest absolute Gasteiger partial charge is 0.409 e. The molecule has 108 valence electrons. The van der Waals surface area contributed by atoms with Gasteiger partial charge in [0.05, 0.1) is 6.54 Å². The van der Waals surface area contributed by atoms with Crippen molar-refractivity contribution in [3.05, 3.63) is 35.4 Å². The molecule has 1 aromatic rings. The highest BCUT2D eigenvalue weighted by atomic mass is 16.6. The summed E-state index contributed by atoms with van der Waals surface area (Å²) in [6.07, 6.45) is 0.459. The lowest BCUT2D eigenvalue weighted by Gasteiger charge is -2.09. The molecule has 1 aliphatic heterocycles. The van der Waals surface area contributed by atoms with Crippen molar-refractivity contribution in [2.45, 2.75) is 32.4 Å². The summed E-state index contributed by atoms with van der Waals surface area (Å²) in [6, 6.07) is 8.04. The quantitative estimate of drug-likeness (QED) is 0.892. The van der Waals surface area contributed by atoms with E-state index in [0.717, 1.165) is 5.56 Å². The fraction of sp³-hybridized carbons (Fsp3) is 0.467. The van der Waals surface area contributed by atoms with Gasteiger partial charge < -0.3 is 15.0 Å². The topological polar surface area (TPSA) is 58.6 Å². The number of benzene rings is 1. The van der Waals surface area contributed by atoms with E-state index >= 15 is 0 Å². The number of hydrogen-bond donors (Lipinski definition) is 1. The van der Waals surface area contributed by atoms with Crippen molar-refractivity contribution >= 4 is 12.0 Å². The molecule has 0 saturated carbocycles. The number of carbonyl (C=O) groups excluding carboxylic acids is 2. The van der Waals surface area contributed by atoms with Gasteiger partial charge in [0.2, 0.25) is 5.91 Å². The van der Waals surface area contributed by atoms with Crippen molar-refractivity contribution < 1.29 is 14.3 Å². The molecule has 0 radical (unpaired) electrons. The van der Waals surface area contributed by atoms with Crippen LogP contribution in [0.4, 0.5) is 4.79 Å². The largest absolute Gasteiger partial charge is 0.444 e. The number of cyclic esters (lactones) is 1. The van der Waals surface area contributed by atoms with Crippen LogP contribution in [0.5, 0.6) is 0 Å². The number of carbonyl (C=O) groups is 2. The van der Waals surface area contributed by atoms with E-state index in [9.17, 15) is 9.59 Å². The summed E-state index contributed by atoms with van der Waals surface area (Å²) < 4.78 is 5.11. The van der Waals surface area contributed by atoms with Gasteiger partial charge in [-0.2, -0.15) is 0 Å². The first-order valence-corrected chi connectivity index (χ1v) is 6.78. The van der Waals surface area contributed by atoms with Crippen molar-refractivity contribution in [3.63, 3.8) is 0 Å². The summed E-state index contributed by atoms with van der Waals surface area (Å²) in [5.74, 6) is -0.0166. The number of likely N-dealkylation sites (N-methyl/N-ethyl adjacent to an activating group) is 1. The van der Waals surface area contributed by atoms with E-state index in [1.807, 2.05) is 31.2 Å². The van der Waals surface area contributed by atoms with E-state index in [1.54, 1.807) is 7.05 Å². The zero-order valence-corrected chi connectivity index (χ0v) is 11.9. The van der Waals surface area contributed by atoms with Crippen LogP contribution in [-0.2, 0) is 16.1 Å². The molecule has 1 N–H and O–H groups in total. The van der Waals surface area contributed by atoms with E-state index in [-0.39, 0.29) is 18.1 Å². The maximum atomic E-state index is 11.8. The SMILES string of the molecule is Cc1cccc(CNC(=O)CCC2CN(C)C(=O)O2)c1. The average Bonchev–Trinajstić information content (AvgIpc) is 2.73. The first-order valence-electron chi connectivity index (χ1n) is 6.78. The highest BCUT2D eigenvalue weighted by Crippen LogP contribution is 2.13. The number of aryl methyl sites for hydroxylation is 1. The molecule has 1 fully saturated rings. The Hall–Kier alpha value is -2.04. The lowest BCUT2D eigenvalue weighted by molar-refractivity contribution is -0.121. The molecule has 0 aromatic heterocycles. The standard InChI is InChI=1S/C15H20N2O3/c1-11-4-3-5-12(8-11)9-16-14(18)7-6-13-10-17(2)15(19)20-13/h3-5,8,13H,6-7,9-10H2,1-2H3,(H,16,18). The number of hydrogen-bond acceptors (Lipinski definition) is 3. The summed E-state index contributed by atoms with van der Waals surface area (Å²) in [4.78, 5) is 24.5. The van der Waals surface area contributed by atoms with E-state index < -0.39 is 0 Å². The Kier molecular flexibility index (Phi) is 4.61. The minimum atomic E-state index is -0.310. The van der Waals surface area contributed by atoms with Gasteiger partial charge >= 0.3 is 6.09 Å². The molecule has 5 heteroatoms. The van der Waals surface area contributed by atoms with Crippen LogP contribution in [0.1, 0.15) is 24.0 Å². The Morgan fingerprint density at radius 3 is 2.95 bits per heavy atom. The van der Waals surface area contributed by atoms with Crippen LogP contribution in [0.25, 0.3) is 0 Å². The Morgan fingerprint density at radius 2 is 2.30 bits per heavy atom. The third-order valence-electron chi connectivity index (χ3n) is 3.32. The van der Waals surface area contributed by atoms with Gasteiger partial charge in [0.25, 0.3) is 0 Å². The number of rotatable bonds is 5. The zero-order valence-electron chi connectivity index (χ0n) is 11.9. The summed E-state index contributed by atoms with van der Waals surface area (Å²) in [5.41, 5.74) is 2.27. The van der Waals surface area contributed by atoms with Crippen LogP contribution >= 0.6 is 0 Å². The minimum Gasteiger partial charge on any atom is -0.444 e. The maximum absolute atomic E-state index is 11.8. The lowest BCUT2D eigenvalue weighted by atomic mass is 10.1. The average molecular weight is 276 g/mol. The van der Waals surface area contributed by atoms with E-state index in [0.29, 0.717) is 25.9 Å². The van der Waals surface area contributed by atoms with E-state index in [4.69, 9.17) is 4.74 Å². The maximum Gasteiger partial charge on any atom is 0.409 e. The molecule has 2 rings (SSSR count). The lowest BCUT2D eigenvalue weighted by Crippen LogP contribution is -2.25. The Labute approximate surface area is 118 Å². The molecule has 2 amide bonds. The summed E-state index contributed by atoms with van der Waals surface area (Å²) >= 11 is 0. The normalized spacial score (nSPS) is 18.0. The van der Waals surface area contributed by atoms with Gasteiger partial charge in [-0.25, -0.2) is 4.79 Å². The fourth-order valence-corrected chi connectivity index (χ4v) is 2.20. The predicted octanol–water partition coefficient (Wildman–Crippen LogP) is 1.84. The number of nitrogens with one attached hydrogen (secondary N) is 1. The highest BCUT2D eigenvalue weighted by molar-refractivity contribution is 5.76. The molecular formula is C15H20N2O3. The van der Waals surface area contributed by atoms with Crippen molar-refractivity contribution in [3.8, 4) is 0 Å². The van der Waals surface area contributed by atoms with Gasteiger partial charge in [-0.1, -0.05) is 29.8 Å². The predicted molar refractivity (Wildman–Crippen MR) is 75.2 cm³/mol. The molecule has 20 heavy (non-hydrogen) atoms. The third kappa shape index (κ3) is 3.98. The van der Waals surface area contributed by atoms with Crippen molar-refractivity contribution in [2.24, 2.45) is 0 Å². The van der Waals surface area contributed by atoms with Crippen LogP contribution in [0.15, 0.2) is 24.3 Å². The van der Waals surface area contributed by atoms with Crippen LogP contribution in [0.2, 0.25) is 0 Å². The molecule has 0 aliphatic carbocycles.